The van der Waals surface area contributed by atoms with Gasteiger partial charge in [-0.2, -0.15) is 0 Å². The largest absolute Gasteiger partial charge is 0.337 e. The van der Waals surface area contributed by atoms with Crippen molar-refractivity contribution in [2.45, 2.75) is 54.0 Å². The summed E-state index contributed by atoms with van der Waals surface area (Å²) in [6.07, 6.45) is 2.24. The first-order valence-electron chi connectivity index (χ1n) is 9.20. The molecule has 0 radical (unpaired) electrons. The molecular weight excluding hydrogens is 286 g/mol. The Bertz CT molecular complexity index is 463. The first-order chi connectivity index (χ1) is 11.2. The highest BCUT2D eigenvalue weighted by Gasteiger charge is 2.24. The maximum absolute atomic E-state index is 12.3. The Hall–Kier alpha value is -1.42. The maximum atomic E-state index is 12.3. The van der Waals surface area contributed by atoms with Crippen molar-refractivity contribution in [3.63, 3.8) is 0 Å². The van der Waals surface area contributed by atoms with Crippen LogP contribution in [0.3, 0.4) is 0 Å². The minimum absolute atomic E-state index is 0.0938. The van der Waals surface area contributed by atoms with Crippen LogP contribution in [-0.4, -0.2) is 46.9 Å². The minimum Gasteiger partial charge on any atom is -0.337 e. The molecule has 0 aliphatic carbocycles. The molecule has 2 aliphatic rings. The van der Waals surface area contributed by atoms with E-state index in [1.807, 2.05) is 50.8 Å². The Kier molecular flexibility index (Phi) is 8.85. The Morgan fingerprint density at radius 1 is 1.13 bits per heavy atom. The Labute approximate surface area is 141 Å². The second-order valence-corrected chi connectivity index (χ2v) is 5.81. The van der Waals surface area contributed by atoms with Crippen LogP contribution in [0, 0.1) is 5.92 Å². The highest BCUT2D eigenvalue weighted by Crippen LogP contribution is 2.17. The molecule has 0 bridgehead atoms. The molecule has 4 nitrogen and oxygen atoms in total. The fraction of sp³-hybridized carbons (Fsp3) is 0.684. The van der Waals surface area contributed by atoms with E-state index in [9.17, 15) is 4.79 Å². The van der Waals surface area contributed by atoms with E-state index in [0.29, 0.717) is 5.69 Å². The molecule has 0 atom stereocenters. The first-order valence-corrected chi connectivity index (χ1v) is 9.20. The fourth-order valence-electron chi connectivity index (χ4n) is 2.96. The highest BCUT2D eigenvalue weighted by atomic mass is 16.2. The average molecular weight is 319 g/mol. The van der Waals surface area contributed by atoms with Crippen LogP contribution in [0.25, 0.3) is 0 Å². The molecular formula is C19H33N3O. The van der Waals surface area contributed by atoms with E-state index in [2.05, 4.69) is 16.8 Å². The summed E-state index contributed by atoms with van der Waals surface area (Å²) in [5.74, 6) is 0.894. The van der Waals surface area contributed by atoms with Crippen molar-refractivity contribution in [1.82, 2.24) is 14.8 Å². The van der Waals surface area contributed by atoms with Crippen LogP contribution in [0.1, 0.15) is 63.6 Å². The van der Waals surface area contributed by atoms with Gasteiger partial charge in [-0.3, -0.25) is 9.69 Å². The number of likely N-dealkylation sites (tertiary alicyclic amines) is 2. The Morgan fingerprint density at radius 3 is 2.30 bits per heavy atom. The topological polar surface area (TPSA) is 36.4 Å². The van der Waals surface area contributed by atoms with Gasteiger partial charge in [0.15, 0.2) is 0 Å². The molecule has 0 aromatic carbocycles. The van der Waals surface area contributed by atoms with Gasteiger partial charge in [-0.1, -0.05) is 40.7 Å². The molecule has 1 amide bonds. The third-order valence-corrected chi connectivity index (χ3v) is 3.94. The molecule has 3 rings (SSSR count). The van der Waals surface area contributed by atoms with Gasteiger partial charge in [-0.05, 0) is 30.9 Å². The van der Waals surface area contributed by atoms with Crippen molar-refractivity contribution < 1.29 is 4.79 Å². The van der Waals surface area contributed by atoms with E-state index in [4.69, 9.17) is 0 Å². The van der Waals surface area contributed by atoms with E-state index >= 15 is 0 Å². The van der Waals surface area contributed by atoms with Crippen LogP contribution in [0.4, 0.5) is 0 Å². The van der Waals surface area contributed by atoms with Gasteiger partial charge in [-0.25, -0.2) is 4.98 Å². The molecule has 0 spiro atoms. The van der Waals surface area contributed by atoms with Gasteiger partial charge in [0.1, 0.15) is 5.69 Å². The number of rotatable bonds is 3. The van der Waals surface area contributed by atoms with E-state index in [0.717, 1.165) is 57.2 Å². The van der Waals surface area contributed by atoms with E-state index < -0.39 is 0 Å². The van der Waals surface area contributed by atoms with Crippen molar-refractivity contribution >= 4 is 5.91 Å². The van der Waals surface area contributed by atoms with Crippen LogP contribution in [0.5, 0.6) is 0 Å². The van der Waals surface area contributed by atoms with Crippen LogP contribution < -0.4 is 0 Å². The Morgan fingerprint density at radius 2 is 1.74 bits per heavy atom. The number of hydrogen-bond donors (Lipinski definition) is 0. The molecule has 130 valence electrons. The fourth-order valence-corrected chi connectivity index (χ4v) is 2.96. The predicted octanol–water partition coefficient (Wildman–Crippen LogP) is 3.82. The lowest BCUT2D eigenvalue weighted by Gasteiger charge is -2.36. The number of nitrogens with zero attached hydrogens (tertiary/aromatic N) is 3. The molecule has 0 unspecified atom stereocenters. The Balaban J connectivity index is 0.000000615. The van der Waals surface area contributed by atoms with Crippen molar-refractivity contribution in [1.29, 1.82) is 0 Å². The third-order valence-electron chi connectivity index (χ3n) is 3.94. The molecule has 4 heteroatoms. The van der Waals surface area contributed by atoms with E-state index in [1.54, 1.807) is 0 Å². The summed E-state index contributed by atoms with van der Waals surface area (Å²) in [6, 6.07) is 5.81. The molecule has 1 aromatic heterocycles. The number of hydrogen-bond acceptors (Lipinski definition) is 3. The zero-order valence-electron chi connectivity index (χ0n) is 15.5. The maximum Gasteiger partial charge on any atom is 0.272 e. The lowest BCUT2D eigenvalue weighted by molar-refractivity contribution is 0.0784. The average Bonchev–Trinajstić information content (AvgIpc) is 3.11. The smallest absolute Gasteiger partial charge is 0.272 e. The predicted molar refractivity (Wildman–Crippen MR) is 96.5 cm³/mol. The van der Waals surface area contributed by atoms with Gasteiger partial charge >= 0.3 is 0 Å². The van der Waals surface area contributed by atoms with Gasteiger partial charge in [0.25, 0.3) is 5.91 Å². The summed E-state index contributed by atoms with van der Waals surface area (Å²) in [5, 5.41) is 0. The van der Waals surface area contributed by atoms with Crippen LogP contribution in [0.15, 0.2) is 18.2 Å². The van der Waals surface area contributed by atoms with Gasteiger partial charge in [0.05, 0.1) is 5.69 Å². The number of pyridine rings is 1. The summed E-state index contributed by atoms with van der Waals surface area (Å²) >= 11 is 0. The van der Waals surface area contributed by atoms with E-state index in [1.165, 1.54) is 0 Å². The quantitative estimate of drug-likeness (QED) is 0.850. The summed E-state index contributed by atoms with van der Waals surface area (Å²) < 4.78 is 0. The number of amides is 1. The van der Waals surface area contributed by atoms with Gasteiger partial charge in [0.2, 0.25) is 0 Å². The van der Waals surface area contributed by atoms with Crippen molar-refractivity contribution in [3.05, 3.63) is 29.6 Å². The van der Waals surface area contributed by atoms with Gasteiger partial charge < -0.3 is 4.90 Å². The van der Waals surface area contributed by atoms with Crippen molar-refractivity contribution in [2.75, 3.05) is 26.2 Å². The lowest BCUT2D eigenvalue weighted by Crippen LogP contribution is -2.44. The zero-order chi connectivity index (χ0) is 17.2. The van der Waals surface area contributed by atoms with Crippen LogP contribution in [-0.2, 0) is 6.54 Å². The summed E-state index contributed by atoms with van der Waals surface area (Å²) in [6.45, 7) is 15.2. The third kappa shape index (κ3) is 5.61. The number of carbonyl (C=O) groups is 1. The molecule has 0 saturated carbocycles. The number of aromatic nitrogens is 1. The first kappa shape index (κ1) is 19.6. The van der Waals surface area contributed by atoms with Gasteiger partial charge in [-0.15, -0.1) is 0 Å². The lowest BCUT2D eigenvalue weighted by atomic mass is 10.0. The highest BCUT2D eigenvalue weighted by molar-refractivity contribution is 5.92. The van der Waals surface area contributed by atoms with Crippen LogP contribution in [0.2, 0.25) is 0 Å². The van der Waals surface area contributed by atoms with Crippen molar-refractivity contribution in [2.24, 2.45) is 5.92 Å². The molecule has 1 aromatic rings. The molecule has 23 heavy (non-hydrogen) atoms. The monoisotopic (exact) mass is 319 g/mol. The molecule has 3 heterocycles. The summed E-state index contributed by atoms with van der Waals surface area (Å²) in [5.41, 5.74) is 1.62. The zero-order valence-corrected chi connectivity index (χ0v) is 15.5. The summed E-state index contributed by atoms with van der Waals surface area (Å²) in [4.78, 5) is 21.1. The SMILES string of the molecule is CC.CC.CC1CN(Cc2cccc(C(=O)N3CCCC3)n2)C1. The number of carbonyl (C=O) groups excluding carboxylic acids is 1. The van der Waals surface area contributed by atoms with Gasteiger partial charge in [0, 0.05) is 32.7 Å². The molecule has 0 N–H and O–H groups in total. The van der Waals surface area contributed by atoms with E-state index in [-0.39, 0.29) is 5.91 Å². The second kappa shape index (κ2) is 10.4. The molecule has 2 aliphatic heterocycles. The van der Waals surface area contributed by atoms with Crippen molar-refractivity contribution in [3.8, 4) is 0 Å². The molecule has 2 saturated heterocycles. The normalized spacial score (nSPS) is 17.5. The molecule has 2 fully saturated rings. The summed E-state index contributed by atoms with van der Waals surface area (Å²) in [7, 11) is 0. The standard InChI is InChI=1S/C15H21N3O.2C2H6/c1-12-9-17(10-12)11-13-5-4-6-14(16-13)15(19)18-7-2-3-8-18;2*1-2/h4-6,12H,2-3,7-11H2,1H3;2*1-2H3. The van der Waals surface area contributed by atoms with Crippen LogP contribution >= 0.6 is 0 Å². The second-order valence-electron chi connectivity index (χ2n) is 5.81. The minimum atomic E-state index is 0.0938.